The molecule has 2 heterocycles. The van der Waals surface area contributed by atoms with Gasteiger partial charge in [-0.3, -0.25) is 4.79 Å². The first-order chi connectivity index (χ1) is 14.8. The number of rotatable bonds is 5. The Morgan fingerprint density at radius 1 is 1.19 bits per heavy atom. The Labute approximate surface area is 180 Å². The molecular formula is C21H16ClF2N5O2. The number of hydrogen-bond acceptors (Lipinski definition) is 5. The van der Waals surface area contributed by atoms with Crippen LogP contribution in [0, 0.1) is 25.5 Å². The summed E-state index contributed by atoms with van der Waals surface area (Å²) in [5.41, 5.74) is 1.66. The largest absolute Gasteiger partial charge is 0.441 e. The Balaban J connectivity index is 1.54. The predicted octanol–water partition coefficient (Wildman–Crippen LogP) is 4.78. The zero-order chi connectivity index (χ0) is 22.1. The molecule has 4 rings (SSSR count). The van der Waals surface area contributed by atoms with Gasteiger partial charge < -0.3 is 9.73 Å². The summed E-state index contributed by atoms with van der Waals surface area (Å²) >= 11 is 6.03. The number of amides is 1. The average molecular weight is 444 g/mol. The van der Waals surface area contributed by atoms with Gasteiger partial charge in [-0.15, -0.1) is 5.10 Å². The molecule has 7 nitrogen and oxygen atoms in total. The van der Waals surface area contributed by atoms with Crippen molar-refractivity contribution in [3.05, 3.63) is 82.0 Å². The number of nitrogens with one attached hydrogen (secondary N) is 1. The molecule has 0 unspecified atom stereocenters. The van der Waals surface area contributed by atoms with E-state index in [0.29, 0.717) is 34.1 Å². The van der Waals surface area contributed by atoms with E-state index in [1.165, 1.54) is 4.68 Å². The van der Waals surface area contributed by atoms with Crippen LogP contribution in [-0.4, -0.2) is 25.9 Å². The van der Waals surface area contributed by atoms with Gasteiger partial charge in [0, 0.05) is 16.7 Å². The van der Waals surface area contributed by atoms with Crippen molar-refractivity contribution < 1.29 is 18.0 Å². The molecule has 0 saturated heterocycles. The van der Waals surface area contributed by atoms with Crippen molar-refractivity contribution in [1.29, 1.82) is 0 Å². The van der Waals surface area contributed by atoms with Gasteiger partial charge in [-0.05, 0) is 44.2 Å². The number of halogens is 3. The lowest BCUT2D eigenvalue weighted by atomic mass is 10.2. The molecule has 0 atom stereocenters. The van der Waals surface area contributed by atoms with Crippen LogP contribution in [-0.2, 0) is 6.54 Å². The monoisotopic (exact) mass is 443 g/mol. The lowest BCUT2D eigenvalue weighted by Gasteiger charge is -2.05. The van der Waals surface area contributed by atoms with E-state index in [1.54, 1.807) is 32.0 Å². The molecule has 10 heteroatoms. The molecule has 0 spiro atoms. The molecule has 0 aliphatic rings. The van der Waals surface area contributed by atoms with Gasteiger partial charge in [0.2, 0.25) is 5.89 Å². The van der Waals surface area contributed by atoms with Crippen molar-refractivity contribution in [2.45, 2.75) is 20.4 Å². The lowest BCUT2D eigenvalue weighted by Crippen LogP contribution is -2.15. The summed E-state index contributed by atoms with van der Waals surface area (Å²) in [5, 5.41) is 10.8. The van der Waals surface area contributed by atoms with E-state index in [-0.39, 0.29) is 17.9 Å². The van der Waals surface area contributed by atoms with E-state index < -0.39 is 17.5 Å². The summed E-state index contributed by atoms with van der Waals surface area (Å²) in [7, 11) is 0. The molecule has 1 N–H and O–H groups in total. The maximum absolute atomic E-state index is 13.8. The molecule has 0 bridgehead atoms. The van der Waals surface area contributed by atoms with Crippen molar-refractivity contribution in [2.24, 2.45) is 0 Å². The number of aryl methyl sites for hydroxylation is 1. The average Bonchev–Trinajstić information content (AvgIpc) is 3.27. The van der Waals surface area contributed by atoms with Crippen molar-refractivity contribution in [3.8, 4) is 11.5 Å². The molecular weight excluding hydrogens is 428 g/mol. The zero-order valence-electron chi connectivity index (χ0n) is 16.5. The second-order valence-corrected chi connectivity index (χ2v) is 7.23. The minimum atomic E-state index is -0.884. The second kappa shape index (κ2) is 8.27. The van der Waals surface area contributed by atoms with Gasteiger partial charge >= 0.3 is 0 Å². The molecule has 0 aliphatic carbocycles. The number of hydrogen-bond donors (Lipinski definition) is 1. The van der Waals surface area contributed by atoms with E-state index in [4.69, 9.17) is 16.0 Å². The third kappa shape index (κ3) is 4.31. The number of oxazole rings is 1. The third-order valence-electron chi connectivity index (χ3n) is 4.64. The molecule has 158 valence electrons. The number of nitrogens with zero attached hydrogens (tertiary/aromatic N) is 4. The van der Waals surface area contributed by atoms with Crippen LogP contribution in [0.2, 0.25) is 5.02 Å². The smallest absolute Gasteiger partial charge is 0.278 e. The summed E-state index contributed by atoms with van der Waals surface area (Å²) in [6.07, 6.45) is 0. The highest BCUT2D eigenvalue weighted by molar-refractivity contribution is 6.30. The van der Waals surface area contributed by atoms with Gasteiger partial charge in [0.25, 0.3) is 5.91 Å². The van der Waals surface area contributed by atoms with Crippen LogP contribution in [0.15, 0.2) is 46.9 Å². The van der Waals surface area contributed by atoms with Crippen molar-refractivity contribution in [2.75, 3.05) is 5.32 Å². The Kier molecular flexibility index (Phi) is 5.51. The highest BCUT2D eigenvalue weighted by Crippen LogP contribution is 2.25. The van der Waals surface area contributed by atoms with Gasteiger partial charge in [-0.2, -0.15) is 0 Å². The minimum absolute atomic E-state index is 0.0138. The van der Waals surface area contributed by atoms with Crippen molar-refractivity contribution >= 4 is 23.2 Å². The summed E-state index contributed by atoms with van der Waals surface area (Å²) in [4.78, 5) is 17.0. The molecule has 0 aliphatic heterocycles. The van der Waals surface area contributed by atoms with E-state index >= 15 is 0 Å². The lowest BCUT2D eigenvalue weighted by molar-refractivity contribution is 0.102. The predicted molar refractivity (Wildman–Crippen MR) is 110 cm³/mol. The first-order valence-corrected chi connectivity index (χ1v) is 9.58. The maximum atomic E-state index is 13.8. The van der Waals surface area contributed by atoms with Crippen LogP contribution < -0.4 is 5.32 Å². The van der Waals surface area contributed by atoms with Gasteiger partial charge in [0.15, 0.2) is 5.69 Å². The maximum Gasteiger partial charge on any atom is 0.278 e. The topological polar surface area (TPSA) is 85.8 Å². The number of carbonyl (C=O) groups excluding carboxylic acids is 1. The number of carbonyl (C=O) groups is 1. The highest BCUT2D eigenvalue weighted by atomic mass is 35.5. The van der Waals surface area contributed by atoms with Crippen LogP contribution >= 0.6 is 11.6 Å². The first kappa shape index (κ1) is 20.7. The Morgan fingerprint density at radius 3 is 2.74 bits per heavy atom. The molecule has 1 amide bonds. The van der Waals surface area contributed by atoms with Gasteiger partial charge in [-0.1, -0.05) is 22.9 Å². The summed E-state index contributed by atoms with van der Waals surface area (Å²) in [6, 6.07) is 10.0. The number of anilines is 1. The molecule has 2 aromatic carbocycles. The normalized spacial score (nSPS) is 11.0. The van der Waals surface area contributed by atoms with Gasteiger partial charge in [0.1, 0.15) is 23.1 Å². The van der Waals surface area contributed by atoms with Crippen LogP contribution in [0.3, 0.4) is 0 Å². The Hall–Kier alpha value is -3.59. The second-order valence-electron chi connectivity index (χ2n) is 6.79. The first-order valence-electron chi connectivity index (χ1n) is 9.20. The van der Waals surface area contributed by atoms with E-state index in [0.717, 1.165) is 17.7 Å². The molecule has 0 saturated carbocycles. The number of benzene rings is 2. The summed E-state index contributed by atoms with van der Waals surface area (Å²) < 4.78 is 34.1. The minimum Gasteiger partial charge on any atom is -0.441 e. The fraction of sp³-hybridized carbons (Fsp3) is 0.143. The molecule has 4 aromatic rings. The van der Waals surface area contributed by atoms with Gasteiger partial charge in [-0.25, -0.2) is 18.4 Å². The fourth-order valence-corrected chi connectivity index (χ4v) is 3.14. The van der Waals surface area contributed by atoms with Crippen LogP contribution in [0.4, 0.5) is 14.5 Å². The van der Waals surface area contributed by atoms with E-state index in [2.05, 4.69) is 20.6 Å². The number of aromatic nitrogens is 4. The standard InChI is InChI=1S/C21H16ClF2N5O2/c1-11-19(20(30)25-17-7-6-15(23)9-16(17)24)27-28-29(11)10-18-12(2)31-21(26-18)13-4-3-5-14(22)8-13/h3-9H,10H2,1-2H3,(H,25,30). The van der Waals surface area contributed by atoms with Crippen LogP contribution in [0.25, 0.3) is 11.5 Å². The Morgan fingerprint density at radius 2 is 2.00 bits per heavy atom. The molecule has 0 radical (unpaired) electrons. The van der Waals surface area contributed by atoms with Gasteiger partial charge in [0.05, 0.1) is 17.9 Å². The van der Waals surface area contributed by atoms with E-state index in [9.17, 15) is 13.6 Å². The summed E-state index contributed by atoms with van der Waals surface area (Å²) in [5.74, 6) is -1.28. The highest BCUT2D eigenvalue weighted by Gasteiger charge is 2.20. The Bertz CT molecular complexity index is 1280. The fourth-order valence-electron chi connectivity index (χ4n) is 2.95. The third-order valence-corrected chi connectivity index (χ3v) is 4.88. The van der Waals surface area contributed by atoms with Crippen LogP contribution in [0.5, 0.6) is 0 Å². The quantitative estimate of drug-likeness (QED) is 0.479. The van der Waals surface area contributed by atoms with Crippen molar-refractivity contribution in [3.63, 3.8) is 0 Å². The SMILES string of the molecule is Cc1oc(-c2cccc(Cl)c2)nc1Cn1nnc(C(=O)Nc2ccc(F)cc2F)c1C. The summed E-state index contributed by atoms with van der Waals surface area (Å²) in [6.45, 7) is 3.64. The molecule has 2 aromatic heterocycles. The zero-order valence-corrected chi connectivity index (χ0v) is 17.2. The van der Waals surface area contributed by atoms with Crippen molar-refractivity contribution in [1.82, 2.24) is 20.0 Å². The molecule has 31 heavy (non-hydrogen) atoms. The molecule has 0 fully saturated rings. The van der Waals surface area contributed by atoms with Crippen LogP contribution in [0.1, 0.15) is 27.6 Å². The van der Waals surface area contributed by atoms with E-state index in [1.807, 2.05) is 6.07 Å².